The minimum Gasteiger partial charge on any atom is -0.459 e. The molecule has 2 saturated heterocycles. The second kappa shape index (κ2) is 7.18. The van der Waals surface area contributed by atoms with E-state index in [9.17, 15) is 31.2 Å². The van der Waals surface area contributed by atoms with Crippen LogP contribution in [-0.2, 0) is 35.2 Å². The van der Waals surface area contributed by atoms with Gasteiger partial charge in [0.15, 0.2) is 0 Å². The lowest BCUT2D eigenvalue weighted by Gasteiger charge is -2.48. The molecule has 0 spiro atoms. The van der Waals surface area contributed by atoms with Crippen LogP contribution >= 0.6 is 11.8 Å². The first-order valence-electron chi connectivity index (χ1n) is 8.48. The van der Waals surface area contributed by atoms with Gasteiger partial charge >= 0.3 is 21.6 Å². The fraction of sp³-hybridized carbons (Fsp3) is 0.444. The number of amides is 1. The number of hydrogen-bond acceptors (Lipinski definition) is 7. The molecule has 0 N–H and O–H groups in total. The summed E-state index contributed by atoms with van der Waals surface area (Å²) in [5, 5.41) is -1.31. The number of hydrogen-bond donors (Lipinski definition) is 0. The highest BCUT2D eigenvalue weighted by atomic mass is 32.2. The third-order valence-electron chi connectivity index (χ3n) is 4.69. The highest BCUT2D eigenvalue weighted by molar-refractivity contribution is 8.01. The third kappa shape index (κ3) is 3.44. The molecule has 1 aromatic rings. The second-order valence-corrected chi connectivity index (χ2v) is 10.4. The number of carbonyl (C=O) groups is 2. The van der Waals surface area contributed by atoms with Crippen LogP contribution in [0.4, 0.5) is 13.2 Å². The van der Waals surface area contributed by atoms with E-state index in [1.807, 2.05) is 0 Å². The quantitative estimate of drug-likeness (QED) is 0.217. The van der Waals surface area contributed by atoms with Crippen molar-refractivity contribution in [2.24, 2.45) is 0 Å². The van der Waals surface area contributed by atoms with Gasteiger partial charge in [0, 0.05) is 4.75 Å². The van der Waals surface area contributed by atoms with Crippen LogP contribution < -0.4 is 0 Å². The molecule has 162 valence electrons. The SMILES string of the molecule is C#C[C@@]1(OS(=O)(=O)C(F)(F)F)C(=O)N2[C@@H](C(=O)OCc3ccccc3)C(C)(C)S[C@@H]21. The molecule has 1 aromatic carbocycles. The molecule has 0 aromatic heterocycles. The van der Waals surface area contributed by atoms with Crippen LogP contribution in [0.15, 0.2) is 30.3 Å². The maximum absolute atomic E-state index is 12.8. The van der Waals surface area contributed by atoms with E-state index < -0.39 is 49.3 Å². The molecule has 2 aliphatic rings. The third-order valence-corrected chi connectivity index (χ3v) is 7.35. The minimum atomic E-state index is -6.14. The van der Waals surface area contributed by atoms with Gasteiger partial charge in [-0.05, 0) is 19.4 Å². The summed E-state index contributed by atoms with van der Waals surface area (Å²) in [6.45, 7) is 3.05. The molecular formula is C18H16F3NO6S2. The summed E-state index contributed by atoms with van der Waals surface area (Å²) in [6.07, 6.45) is 5.23. The lowest BCUT2D eigenvalue weighted by Crippen LogP contribution is -2.74. The van der Waals surface area contributed by atoms with E-state index in [1.165, 1.54) is 0 Å². The molecule has 12 heteroatoms. The van der Waals surface area contributed by atoms with Crippen LogP contribution in [0.25, 0.3) is 0 Å². The first-order valence-corrected chi connectivity index (χ1v) is 10.8. The van der Waals surface area contributed by atoms with Crippen molar-refractivity contribution >= 4 is 33.8 Å². The van der Waals surface area contributed by atoms with Gasteiger partial charge in [-0.15, -0.1) is 18.2 Å². The standard InChI is InChI=1S/C18H16F3NO6S2/c1-4-17(28-30(25,26)18(19,20)21)14(24)22-12(16(2,3)29-15(17)22)13(23)27-10-11-8-6-5-7-9-11/h1,5-9,12,15H,10H2,2-3H3/t12-,15+,17+/m0/s1. The Balaban J connectivity index is 1.84. The molecule has 1 amide bonds. The zero-order chi connectivity index (χ0) is 22.5. The van der Waals surface area contributed by atoms with Gasteiger partial charge in [0.1, 0.15) is 18.0 Å². The van der Waals surface area contributed by atoms with Gasteiger partial charge in [-0.25, -0.2) is 8.98 Å². The zero-order valence-corrected chi connectivity index (χ0v) is 17.3. The fourth-order valence-electron chi connectivity index (χ4n) is 3.27. The Hall–Kier alpha value is -2.23. The van der Waals surface area contributed by atoms with Crippen LogP contribution in [0.5, 0.6) is 0 Å². The number of terminal acetylenes is 1. The van der Waals surface area contributed by atoms with Crippen LogP contribution in [0.1, 0.15) is 19.4 Å². The number of thioether (sulfide) groups is 1. The Bertz CT molecular complexity index is 1020. The molecule has 0 radical (unpaired) electrons. The van der Waals surface area contributed by atoms with Crippen molar-refractivity contribution < 1.29 is 40.1 Å². The average Bonchev–Trinajstić information content (AvgIpc) is 2.93. The van der Waals surface area contributed by atoms with Gasteiger partial charge in [0.25, 0.3) is 11.5 Å². The number of benzene rings is 1. The maximum atomic E-state index is 12.8. The van der Waals surface area contributed by atoms with E-state index in [4.69, 9.17) is 11.2 Å². The van der Waals surface area contributed by atoms with E-state index in [-0.39, 0.29) is 6.61 Å². The summed E-state index contributed by atoms with van der Waals surface area (Å²) in [6, 6.07) is 7.51. The highest BCUT2D eigenvalue weighted by Gasteiger charge is 2.75. The summed E-state index contributed by atoms with van der Waals surface area (Å²) in [5.41, 5.74) is -7.76. The van der Waals surface area contributed by atoms with Crippen LogP contribution in [0, 0.1) is 12.3 Å². The van der Waals surface area contributed by atoms with Crippen molar-refractivity contribution in [1.29, 1.82) is 0 Å². The number of carbonyl (C=O) groups excluding carboxylic acids is 2. The molecule has 2 heterocycles. The lowest BCUT2D eigenvalue weighted by atomic mass is 9.88. The second-order valence-electron chi connectivity index (χ2n) is 7.15. The molecule has 0 aliphatic carbocycles. The van der Waals surface area contributed by atoms with Gasteiger partial charge < -0.3 is 9.64 Å². The van der Waals surface area contributed by atoms with Crippen molar-refractivity contribution in [1.82, 2.24) is 4.90 Å². The van der Waals surface area contributed by atoms with Gasteiger partial charge in [0.2, 0.25) is 0 Å². The van der Waals surface area contributed by atoms with Crippen molar-refractivity contribution in [3.8, 4) is 12.3 Å². The molecule has 0 unspecified atom stereocenters. The zero-order valence-electron chi connectivity index (χ0n) is 15.7. The topological polar surface area (TPSA) is 90.0 Å². The van der Waals surface area contributed by atoms with Crippen molar-refractivity contribution in [3.63, 3.8) is 0 Å². The predicted molar refractivity (Wildman–Crippen MR) is 100.0 cm³/mol. The molecule has 7 nitrogen and oxygen atoms in total. The molecule has 3 atom stereocenters. The molecule has 3 rings (SSSR count). The summed E-state index contributed by atoms with van der Waals surface area (Å²) in [4.78, 5) is 26.3. The Labute approximate surface area is 175 Å². The van der Waals surface area contributed by atoms with Crippen molar-refractivity contribution in [2.45, 2.75) is 47.7 Å². The van der Waals surface area contributed by atoms with E-state index >= 15 is 0 Å². The van der Waals surface area contributed by atoms with Gasteiger partial charge in [-0.3, -0.25) is 4.79 Å². The molecule has 2 aliphatic heterocycles. The number of alkyl halides is 3. The number of ether oxygens (including phenoxy) is 1. The number of fused-ring (bicyclic) bond motifs is 1. The first-order chi connectivity index (χ1) is 13.8. The van der Waals surface area contributed by atoms with Crippen molar-refractivity contribution in [2.75, 3.05) is 0 Å². The smallest absolute Gasteiger partial charge is 0.459 e. The molecular weight excluding hydrogens is 447 g/mol. The Morgan fingerprint density at radius 3 is 2.43 bits per heavy atom. The Kier molecular flexibility index (Phi) is 5.37. The van der Waals surface area contributed by atoms with Gasteiger partial charge in [-0.2, -0.15) is 21.6 Å². The largest absolute Gasteiger partial charge is 0.523 e. The van der Waals surface area contributed by atoms with Gasteiger partial charge in [-0.1, -0.05) is 36.3 Å². The van der Waals surface area contributed by atoms with E-state index in [2.05, 4.69) is 4.18 Å². The maximum Gasteiger partial charge on any atom is 0.523 e. The predicted octanol–water partition coefficient (Wildman–Crippen LogP) is 2.03. The van der Waals surface area contributed by atoms with Gasteiger partial charge in [0.05, 0.1) is 0 Å². The van der Waals surface area contributed by atoms with Crippen molar-refractivity contribution in [3.05, 3.63) is 35.9 Å². The molecule has 2 fully saturated rings. The normalized spacial score (nSPS) is 27.7. The number of rotatable bonds is 5. The van der Waals surface area contributed by atoms with E-state index in [0.29, 0.717) is 5.56 Å². The lowest BCUT2D eigenvalue weighted by molar-refractivity contribution is -0.178. The summed E-state index contributed by atoms with van der Waals surface area (Å²) >= 11 is 0.867. The number of β-lactam (4-membered cyclic amide) rings is 1. The van der Waals surface area contributed by atoms with Crippen LogP contribution in [-0.4, -0.2) is 52.5 Å². The first kappa shape index (κ1) is 22.5. The average molecular weight is 463 g/mol. The monoisotopic (exact) mass is 463 g/mol. The molecule has 0 saturated carbocycles. The molecule has 0 bridgehead atoms. The highest BCUT2D eigenvalue weighted by Crippen LogP contribution is 2.57. The van der Waals surface area contributed by atoms with E-state index in [1.54, 1.807) is 50.1 Å². The van der Waals surface area contributed by atoms with Crippen LogP contribution in [0.3, 0.4) is 0 Å². The summed E-state index contributed by atoms with van der Waals surface area (Å²) in [7, 11) is -6.14. The Morgan fingerprint density at radius 2 is 1.90 bits per heavy atom. The van der Waals surface area contributed by atoms with Crippen LogP contribution in [0.2, 0.25) is 0 Å². The number of halogens is 3. The summed E-state index contributed by atoms with van der Waals surface area (Å²) in [5.74, 6) is -0.261. The fourth-order valence-corrected chi connectivity index (χ4v) is 5.61. The Morgan fingerprint density at radius 1 is 1.30 bits per heavy atom. The molecule has 30 heavy (non-hydrogen) atoms. The van der Waals surface area contributed by atoms with E-state index in [0.717, 1.165) is 16.7 Å². The minimum absolute atomic E-state index is 0.0805. The number of nitrogens with zero attached hydrogens (tertiary/aromatic N) is 1. The summed E-state index contributed by atoms with van der Waals surface area (Å²) < 4.78 is 69.7. The number of esters is 1.